The SMILES string of the molecule is O=C(C1CCCC2CNNC21)N1CCOC(c2ccccc2)C1. The lowest BCUT2D eigenvalue weighted by Crippen LogP contribution is -2.52. The molecule has 1 saturated carbocycles. The Bertz CT molecular complexity index is 550. The number of hydrazine groups is 1. The van der Waals surface area contributed by atoms with Gasteiger partial charge in [0.15, 0.2) is 0 Å². The Morgan fingerprint density at radius 2 is 2.09 bits per heavy atom. The normalized spacial score (nSPS) is 34.2. The van der Waals surface area contributed by atoms with Gasteiger partial charge in [0.1, 0.15) is 6.10 Å². The number of hydrogen-bond donors (Lipinski definition) is 2. The van der Waals surface area contributed by atoms with Gasteiger partial charge < -0.3 is 9.64 Å². The van der Waals surface area contributed by atoms with E-state index in [1.807, 2.05) is 23.1 Å². The molecule has 2 saturated heterocycles. The zero-order chi connectivity index (χ0) is 15.6. The number of benzene rings is 1. The maximum atomic E-state index is 13.1. The van der Waals surface area contributed by atoms with Crippen LogP contribution in [0.25, 0.3) is 0 Å². The van der Waals surface area contributed by atoms with Gasteiger partial charge in [-0.2, -0.15) is 0 Å². The van der Waals surface area contributed by atoms with E-state index in [1.165, 1.54) is 6.42 Å². The molecular weight excluding hydrogens is 290 g/mol. The molecule has 3 fully saturated rings. The van der Waals surface area contributed by atoms with Crippen LogP contribution >= 0.6 is 0 Å². The highest BCUT2D eigenvalue weighted by molar-refractivity contribution is 5.80. The van der Waals surface area contributed by atoms with Crippen molar-refractivity contribution in [3.05, 3.63) is 35.9 Å². The molecule has 2 heterocycles. The summed E-state index contributed by atoms with van der Waals surface area (Å²) in [5.41, 5.74) is 7.74. The Hall–Kier alpha value is -1.43. The molecule has 5 nitrogen and oxygen atoms in total. The van der Waals surface area contributed by atoms with Gasteiger partial charge in [-0.15, -0.1) is 0 Å². The zero-order valence-corrected chi connectivity index (χ0v) is 13.4. The van der Waals surface area contributed by atoms with Crippen LogP contribution in [0.2, 0.25) is 0 Å². The van der Waals surface area contributed by atoms with Crippen LogP contribution in [0.3, 0.4) is 0 Å². The minimum absolute atomic E-state index is 0.00273. The van der Waals surface area contributed by atoms with Gasteiger partial charge in [-0.3, -0.25) is 15.6 Å². The van der Waals surface area contributed by atoms with E-state index in [-0.39, 0.29) is 12.0 Å². The second-order valence-electron chi connectivity index (χ2n) is 6.90. The highest BCUT2D eigenvalue weighted by Crippen LogP contribution is 2.33. The molecule has 0 spiro atoms. The molecule has 0 bridgehead atoms. The standard InChI is InChI=1S/C18H25N3O2/c22-18(15-8-4-7-14-11-19-20-17(14)15)21-9-10-23-16(12-21)13-5-2-1-3-6-13/h1-3,5-6,14-17,19-20H,4,7-12H2. The van der Waals surface area contributed by atoms with Crippen molar-refractivity contribution in [2.75, 3.05) is 26.2 Å². The molecule has 23 heavy (non-hydrogen) atoms. The smallest absolute Gasteiger partial charge is 0.227 e. The zero-order valence-electron chi connectivity index (χ0n) is 13.4. The van der Waals surface area contributed by atoms with Gasteiger partial charge in [-0.25, -0.2) is 0 Å². The predicted octanol–water partition coefficient (Wildman–Crippen LogP) is 1.48. The maximum absolute atomic E-state index is 13.1. The Labute approximate surface area is 137 Å². The van der Waals surface area contributed by atoms with Crippen LogP contribution in [-0.2, 0) is 9.53 Å². The van der Waals surface area contributed by atoms with E-state index in [1.54, 1.807) is 0 Å². The summed E-state index contributed by atoms with van der Waals surface area (Å²) >= 11 is 0. The third-order valence-corrected chi connectivity index (χ3v) is 5.53. The number of carbonyl (C=O) groups is 1. The second-order valence-corrected chi connectivity index (χ2v) is 6.90. The Balaban J connectivity index is 1.45. The topological polar surface area (TPSA) is 53.6 Å². The number of morpholine rings is 1. The molecule has 124 valence electrons. The Morgan fingerprint density at radius 1 is 1.22 bits per heavy atom. The third-order valence-electron chi connectivity index (χ3n) is 5.53. The Morgan fingerprint density at radius 3 is 2.96 bits per heavy atom. The van der Waals surface area contributed by atoms with Crippen molar-refractivity contribution in [3.8, 4) is 0 Å². The molecule has 4 unspecified atom stereocenters. The van der Waals surface area contributed by atoms with Gasteiger partial charge in [0, 0.05) is 19.1 Å². The number of amides is 1. The summed E-state index contributed by atoms with van der Waals surface area (Å²) in [6.07, 6.45) is 3.39. The average Bonchev–Trinajstić information content (AvgIpc) is 3.11. The molecule has 1 aliphatic carbocycles. The number of hydrogen-bond acceptors (Lipinski definition) is 4. The molecule has 1 amide bonds. The van der Waals surface area contributed by atoms with Crippen molar-refractivity contribution in [3.63, 3.8) is 0 Å². The van der Waals surface area contributed by atoms with Crippen molar-refractivity contribution in [1.82, 2.24) is 15.8 Å². The van der Waals surface area contributed by atoms with E-state index in [9.17, 15) is 4.79 Å². The molecular formula is C18H25N3O2. The monoisotopic (exact) mass is 315 g/mol. The van der Waals surface area contributed by atoms with Crippen molar-refractivity contribution < 1.29 is 9.53 Å². The van der Waals surface area contributed by atoms with Gasteiger partial charge >= 0.3 is 0 Å². The van der Waals surface area contributed by atoms with E-state index in [0.717, 1.165) is 24.9 Å². The van der Waals surface area contributed by atoms with Crippen LogP contribution in [0, 0.1) is 11.8 Å². The highest BCUT2D eigenvalue weighted by Gasteiger charge is 2.42. The molecule has 3 aliphatic rings. The molecule has 1 aromatic rings. The summed E-state index contributed by atoms with van der Waals surface area (Å²) in [5, 5.41) is 0. The summed E-state index contributed by atoms with van der Waals surface area (Å²) in [7, 11) is 0. The first kappa shape index (κ1) is 15.1. The quantitative estimate of drug-likeness (QED) is 0.868. The van der Waals surface area contributed by atoms with E-state index < -0.39 is 0 Å². The van der Waals surface area contributed by atoms with E-state index in [2.05, 4.69) is 23.0 Å². The van der Waals surface area contributed by atoms with Gasteiger partial charge in [0.05, 0.1) is 19.1 Å². The first-order chi connectivity index (χ1) is 11.3. The predicted molar refractivity (Wildman–Crippen MR) is 87.5 cm³/mol. The van der Waals surface area contributed by atoms with Crippen molar-refractivity contribution in [1.29, 1.82) is 0 Å². The van der Waals surface area contributed by atoms with E-state index >= 15 is 0 Å². The minimum atomic E-state index is 0.00273. The fourth-order valence-electron chi connectivity index (χ4n) is 4.27. The van der Waals surface area contributed by atoms with Crippen LogP contribution in [0.4, 0.5) is 0 Å². The largest absolute Gasteiger partial charge is 0.370 e. The fraction of sp³-hybridized carbons (Fsp3) is 0.611. The molecule has 5 heteroatoms. The van der Waals surface area contributed by atoms with Crippen molar-refractivity contribution in [2.24, 2.45) is 11.8 Å². The number of rotatable bonds is 2. The summed E-state index contributed by atoms with van der Waals surface area (Å²) < 4.78 is 5.90. The summed E-state index contributed by atoms with van der Waals surface area (Å²) in [5.74, 6) is 1.02. The third kappa shape index (κ3) is 3.01. The number of ether oxygens (including phenoxy) is 1. The Kier molecular flexibility index (Phi) is 4.33. The maximum Gasteiger partial charge on any atom is 0.227 e. The van der Waals surface area contributed by atoms with Gasteiger partial charge in [-0.05, 0) is 24.3 Å². The van der Waals surface area contributed by atoms with E-state index in [4.69, 9.17) is 4.74 Å². The number of nitrogens with zero attached hydrogens (tertiary/aromatic N) is 1. The van der Waals surface area contributed by atoms with Crippen LogP contribution < -0.4 is 10.9 Å². The molecule has 2 N–H and O–H groups in total. The lowest BCUT2D eigenvalue weighted by Gasteiger charge is -2.39. The lowest BCUT2D eigenvalue weighted by atomic mass is 9.77. The van der Waals surface area contributed by atoms with E-state index in [0.29, 0.717) is 37.6 Å². The summed E-state index contributed by atoms with van der Waals surface area (Å²) in [6.45, 7) is 3.00. The molecule has 2 aliphatic heterocycles. The van der Waals surface area contributed by atoms with Gasteiger partial charge in [0.25, 0.3) is 0 Å². The van der Waals surface area contributed by atoms with Gasteiger partial charge in [-0.1, -0.05) is 36.8 Å². The number of nitrogens with one attached hydrogen (secondary N) is 2. The molecule has 1 aromatic carbocycles. The van der Waals surface area contributed by atoms with Gasteiger partial charge in [0.2, 0.25) is 5.91 Å². The molecule has 4 atom stereocenters. The summed E-state index contributed by atoms with van der Waals surface area (Å²) in [6, 6.07) is 10.5. The van der Waals surface area contributed by atoms with Crippen LogP contribution in [0.5, 0.6) is 0 Å². The summed E-state index contributed by atoms with van der Waals surface area (Å²) in [4.78, 5) is 15.1. The number of fused-ring (bicyclic) bond motifs is 1. The van der Waals surface area contributed by atoms with Crippen LogP contribution in [-0.4, -0.2) is 43.1 Å². The lowest BCUT2D eigenvalue weighted by molar-refractivity contribution is -0.145. The average molecular weight is 315 g/mol. The highest BCUT2D eigenvalue weighted by atomic mass is 16.5. The molecule has 0 radical (unpaired) electrons. The van der Waals surface area contributed by atoms with Crippen LogP contribution in [0.15, 0.2) is 30.3 Å². The fourth-order valence-corrected chi connectivity index (χ4v) is 4.27. The first-order valence-corrected chi connectivity index (χ1v) is 8.76. The second kappa shape index (κ2) is 6.59. The molecule has 0 aromatic heterocycles. The molecule has 4 rings (SSSR count). The van der Waals surface area contributed by atoms with Crippen LogP contribution in [0.1, 0.15) is 30.9 Å². The van der Waals surface area contributed by atoms with Crippen molar-refractivity contribution in [2.45, 2.75) is 31.4 Å². The first-order valence-electron chi connectivity index (χ1n) is 8.76. The number of carbonyl (C=O) groups excluding carboxylic acids is 1. The minimum Gasteiger partial charge on any atom is -0.370 e. The van der Waals surface area contributed by atoms with Crippen molar-refractivity contribution >= 4 is 5.91 Å².